The predicted molar refractivity (Wildman–Crippen MR) is 134 cm³/mol. The van der Waals surface area contributed by atoms with Gasteiger partial charge in [-0.2, -0.15) is 0 Å². The number of methoxy groups -OCH3 is 2. The second kappa shape index (κ2) is 12.6. The van der Waals surface area contributed by atoms with Gasteiger partial charge in [-0.3, -0.25) is 19.3 Å². The molecular formula is C27H32FN3O7. The Labute approximate surface area is 220 Å². The van der Waals surface area contributed by atoms with Crippen LogP contribution in [0.5, 0.6) is 17.2 Å². The first kappa shape index (κ1) is 27.2. The number of nitrogens with one attached hydrogen (secondary N) is 2. The van der Waals surface area contributed by atoms with E-state index in [-0.39, 0.29) is 43.7 Å². The predicted octanol–water partition coefficient (Wildman–Crippen LogP) is 1.59. The van der Waals surface area contributed by atoms with Gasteiger partial charge in [0.1, 0.15) is 17.7 Å². The van der Waals surface area contributed by atoms with Crippen LogP contribution in [0.4, 0.5) is 4.39 Å². The van der Waals surface area contributed by atoms with E-state index < -0.39 is 23.9 Å². The molecule has 4 rings (SSSR count). The number of nitrogens with zero attached hydrogens (tertiary/aromatic N) is 1. The molecule has 2 aromatic rings. The molecule has 2 aliphatic heterocycles. The second-order valence-corrected chi connectivity index (χ2v) is 9.28. The third-order valence-corrected chi connectivity index (χ3v) is 6.50. The van der Waals surface area contributed by atoms with Crippen molar-refractivity contribution in [3.8, 4) is 17.2 Å². The molecule has 1 fully saturated rings. The summed E-state index contributed by atoms with van der Waals surface area (Å²) in [7, 11) is 2.83. The fourth-order valence-corrected chi connectivity index (χ4v) is 4.56. The van der Waals surface area contributed by atoms with E-state index in [9.17, 15) is 18.8 Å². The highest BCUT2D eigenvalue weighted by atomic mass is 19.1. The molecule has 2 amide bonds. The first-order valence-electron chi connectivity index (χ1n) is 12.4. The molecule has 0 aliphatic carbocycles. The summed E-state index contributed by atoms with van der Waals surface area (Å²) in [5.74, 6) is -0.325. The Bertz CT molecular complexity index is 1180. The minimum atomic E-state index is -0.511. The third kappa shape index (κ3) is 7.34. The van der Waals surface area contributed by atoms with Crippen molar-refractivity contribution in [2.24, 2.45) is 0 Å². The van der Waals surface area contributed by atoms with Gasteiger partial charge in [0.05, 0.1) is 26.8 Å². The van der Waals surface area contributed by atoms with Gasteiger partial charge in [0, 0.05) is 32.1 Å². The lowest BCUT2D eigenvalue weighted by molar-refractivity contribution is -0.142. The first-order valence-corrected chi connectivity index (χ1v) is 12.4. The Kier molecular flexibility index (Phi) is 9.01. The van der Waals surface area contributed by atoms with E-state index in [2.05, 4.69) is 10.6 Å². The lowest BCUT2D eigenvalue weighted by atomic mass is 10.0. The minimum Gasteiger partial charge on any atom is -0.493 e. The van der Waals surface area contributed by atoms with Crippen LogP contribution in [0.2, 0.25) is 0 Å². The Hall–Kier alpha value is -3.86. The number of aryl methyl sites for hydroxylation is 1. The molecule has 1 saturated heterocycles. The van der Waals surface area contributed by atoms with Crippen LogP contribution in [0.15, 0.2) is 36.4 Å². The van der Waals surface area contributed by atoms with Crippen LogP contribution < -0.4 is 24.8 Å². The van der Waals surface area contributed by atoms with Crippen molar-refractivity contribution in [1.29, 1.82) is 0 Å². The number of amides is 2. The highest BCUT2D eigenvalue weighted by Crippen LogP contribution is 2.29. The molecule has 2 aliphatic rings. The summed E-state index contributed by atoms with van der Waals surface area (Å²) in [6, 6.07) is 9.07. The summed E-state index contributed by atoms with van der Waals surface area (Å²) < 4.78 is 36.5. The van der Waals surface area contributed by atoms with Crippen LogP contribution in [0.3, 0.4) is 0 Å². The van der Waals surface area contributed by atoms with Crippen LogP contribution >= 0.6 is 0 Å². The van der Waals surface area contributed by atoms with Gasteiger partial charge in [-0.25, -0.2) is 4.39 Å². The number of benzene rings is 2. The standard InChI is InChI=1S/C27H32FN3O7/c1-35-23-5-3-17-4-6-25(32)29-13-18-9-19(28)12-20(10-18)38-22-7-8-31(15-27(34)36-2)14-21(22)30-26(33)16-37-24(23)11-17/h3,5,9-12,21-22H,4,6-8,13-16H2,1-2H3,(H,29,32)(H,30,33)/t21-,22-/m1/s1. The van der Waals surface area contributed by atoms with Crippen molar-refractivity contribution < 1.29 is 37.7 Å². The molecule has 2 N–H and O–H groups in total. The van der Waals surface area contributed by atoms with Gasteiger partial charge in [-0.1, -0.05) is 6.07 Å². The molecule has 2 atom stereocenters. The fraction of sp³-hybridized carbons (Fsp3) is 0.444. The van der Waals surface area contributed by atoms with Crippen molar-refractivity contribution in [1.82, 2.24) is 15.5 Å². The number of hydrogen-bond acceptors (Lipinski definition) is 8. The molecule has 2 heterocycles. The van der Waals surface area contributed by atoms with Gasteiger partial charge in [0.25, 0.3) is 5.91 Å². The van der Waals surface area contributed by atoms with E-state index in [4.69, 9.17) is 18.9 Å². The van der Waals surface area contributed by atoms with E-state index in [1.807, 2.05) is 11.0 Å². The monoisotopic (exact) mass is 529 g/mol. The summed E-state index contributed by atoms with van der Waals surface area (Å²) in [5, 5.41) is 5.76. The maximum absolute atomic E-state index is 14.4. The largest absolute Gasteiger partial charge is 0.493 e. The molecule has 0 aromatic heterocycles. The topological polar surface area (TPSA) is 115 Å². The quantitative estimate of drug-likeness (QED) is 0.576. The summed E-state index contributed by atoms with van der Waals surface area (Å²) in [6.07, 6.45) is 0.641. The summed E-state index contributed by atoms with van der Waals surface area (Å²) in [5.41, 5.74) is 1.39. The molecule has 0 unspecified atom stereocenters. The molecule has 2 aromatic carbocycles. The molecule has 0 radical (unpaired) electrons. The number of likely N-dealkylation sites (tertiary alicyclic amines) is 1. The van der Waals surface area contributed by atoms with E-state index >= 15 is 0 Å². The number of halogens is 1. The van der Waals surface area contributed by atoms with Crippen LogP contribution in [0.1, 0.15) is 24.0 Å². The van der Waals surface area contributed by atoms with Gasteiger partial charge in [0.2, 0.25) is 5.91 Å². The number of carbonyl (C=O) groups excluding carboxylic acids is 3. The molecule has 0 spiro atoms. The van der Waals surface area contributed by atoms with Gasteiger partial charge in [-0.15, -0.1) is 0 Å². The van der Waals surface area contributed by atoms with Crippen molar-refractivity contribution in [3.05, 3.63) is 53.3 Å². The molecule has 10 nitrogen and oxygen atoms in total. The number of ether oxygens (including phenoxy) is 4. The zero-order valence-corrected chi connectivity index (χ0v) is 21.5. The number of rotatable bonds is 3. The third-order valence-electron chi connectivity index (χ3n) is 6.50. The van der Waals surface area contributed by atoms with Crippen molar-refractivity contribution in [2.75, 3.05) is 40.5 Å². The van der Waals surface area contributed by atoms with Crippen molar-refractivity contribution in [2.45, 2.75) is 38.0 Å². The SMILES string of the molecule is COC(=O)CN1CC[C@H]2Oc3cc(F)cc(c3)CNC(=O)CCc3ccc(OC)c(c3)OCC(=O)N[C@@H]2C1. The fourth-order valence-electron chi connectivity index (χ4n) is 4.56. The molecule has 4 bridgehead atoms. The Morgan fingerprint density at radius 1 is 1.11 bits per heavy atom. The molecule has 204 valence electrons. The maximum atomic E-state index is 14.4. The maximum Gasteiger partial charge on any atom is 0.319 e. The van der Waals surface area contributed by atoms with E-state index in [1.54, 1.807) is 18.2 Å². The van der Waals surface area contributed by atoms with Gasteiger partial charge in [-0.05, 0) is 48.2 Å². The average molecular weight is 530 g/mol. The number of esters is 1. The summed E-state index contributed by atoms with van der Waals surface area (Å²) in [6.45, 7) is 0.763. The Balaban J connectivity index is 1.60. The first-order chi connectivity index (χ1) is 18.3. The number of hydrogen-bond donors (Lipinski definition) is 2. The normalized spacial score (nSPS) is 20.8. The second-order valence-electron chi connectivity index (χ2n) is 9.28. The lowest BCUT2D eigenvalue weighted by Gasteiger charge is -2.38. The number of piperidine rings is 1. The number of carbonyl (C=O) groups is 3. The van der Waals surface area contributed by atoms with Crippen LogP contribution in [0.25, 0.3) is 0 Å². The van der Waals surface area contributed by atoms with Gasteiger partial charge >= 0.3 is 5.97 Å². The highest BCUT2D eigenvalue weighted by molar-refractivity contribution is 5.78. The number of fused-ring (bicyclic) bond motifs is 5. The zero-order chi connectivity index (χ0) is 27.1. The Morgan fingerprint density at radius 2 is 1.95 bits per heavy atom. The van der Waals surface area contributed by atoms with Gasteiger partial charge in [0.15, 0.2) is 18.1 Å². The minimum absolute atomic E-state index is 0.0693. The van der Waals surface area contributed by atoms with Crippen molar-refractivity contribution >= 4 is 17.8 Å². The van der Waals surface area contributed by atoms with Crippen molar-refractivity contribution in [3.63, 3.8) is 0 Å². The molecular weight excluding hydrogens is 497 g/mol. The van der Waals surface area contributed by atoms with E-state index in [0.29, 0.717) is 43.0 Å². The van der Waals surface area contributed by atoms with Crippen LogP contribution in [-0.2, 0) is 32.1 Å². The summed E-state index contributed by atoms with van der Waals surface area (Å²) >= 11 is 0. The van der Waals surface area contributed by atoms with E-state index in [1.165, 1.54) is 26.4 Å². The van der Waals surface area contributed by atoms with Crippen LogP contribution in [0, 0.1) is 5.82 Å². The van der Waals surface area contributed by atoms with Crippen LogP contribution in [-0.4, -0.2) is 75.3 Å². The zero-order valence-electron chi connectivity index (χ0n) is 21.5. The summed E-state index contributed by atoms with van der Waals surface area (Å²) in [4.78, 5) is 39.1. The van der Waals surface area contributed by atoms with E-state index in [0.717, 1.165) is 5.56 Å². The lowest BCUT2D eigenvalue weighted by Crippen LogP contribution is -2.58. The molecule has 38 heavy (non-hydrogen) atoms. The molecule has 11 heteroatoms. The average Bonchev–Trinajstić information content (AvgIpc) is 2.90. The molecule has 0 saturated carbocycles. The van der Waals surface area contributed by atoms with Gasteiger partial charge < -0.3 is 29.6 Å². The smallest absolute Gasteiger partial charge is 0.319 e. The Morgan fingerprint density at radius 3 is 2.74 bits per heavy atom. The highest BCUT2D eigenvalue weighted by Gasteiger charge is 2.33.